The van der Waals surface area contributed by atoms with Gasteiger partial charge in [0.25, 0.3) is 0 Å². The molecule has 0 unspecified atom stereocenters. The Morgan fingerprint density at radius 1 is 0.805 bits per heavy atom. The van der Waals surface area contributed by atoms with E-state index >= 15 is 0 Å². The average Bonchev–Trinajstić information content (AvgIpc) is 2.92. The van der Waals surface area contributed by atoms with Gasteiger partial charge < -0.3 is 4.74 Å². The van der Waals surface area contributed by atoms with Crippen LogP contribution in [-0.4, -0.2) is 12.1 Å². The van der Waals surface area contributed by atoms with E-state index in [4.69, 9.17) is 4.74 Å². The van der Waals surface area contributed by atoms with E-state index < -0.39 is 0 Å². The zero-order chi connectivity index (χ0) is 29.5. The predicted octanol–water partition coefficient (Wildman–Crippen LogP) is 10.4. The highest BCUT2D eigenvalue weighted by Crippen LogP contribution is 2.77. The van der Waals surface area contributed by atoms with Crippen LogP contribution in [0, 0.1) is 50.2 Å². The monoisotopic (exact) mass is 556 g/mol. The van der Waals surface area contributed by atoms with E-state index in [0.29, 0.717) is 33.0 Å². The van der Waals surface area contributed by atoms with E-state index in [2.05, 4.69) is 61.5 Å². The van der Waals surface area contributed by atoms with Gasteiger partial charge in [0.15, 0.2) is 0 Å². The number of fused-ring (bicyclic) bond motifs is 7. The highest BCUT2D eigenvalue weighted by atomic mass is 16.5. The molecule has 1 aromatic carbocycles. The van der Waals surface area contributed by atoms with Gasteiger partial charge in [-0.2, -0.15) is 0 Å². The van der Waals surface area contributed by atoms with E-state index in [1.54, 1.807) is 11.6 Å². The predicted molar refractivity (Wildman–Crippen MR) is 170 cm³/mol. The van der Waals surface area contributed by atoms with Gasteiger partial charge in [0.2, 0.25) is 0 Å². The van der Waals surface area contributed by atoms with Crippen LogP contribution in [0.15, 0.2) is 48.1 Å². The minimum Gasteiger partial charge on any atom is -0.458 e. The second-order valence-corrected chi connectivity index (χ2v) is 17.4. The summed E-state index contributed by atoms with van der Waals surface area (Å²) in [6, 6.07) is 10.0. The molecule has 0 saturated heterocycles. The molecule has 1 aromatic rings. The molecule has 0 aliphatic heterocycles. The molecule has 0 N–H and O–H groups in total. The van der Waals surface area contributed by atoms with Gasteiger partial charge in [0, 0.05) is 11.5 Å². The Balaban J connectivity index is 1.25. The fraction of sp³-hybridized carbons (Fsp3) is 0.718. The van der Waals surface area contributed by atoms with Crippen molar-refractivity contribution in [1.29, 1.82) is 0 Å². The Bertz CT molecular complexity index is 1240. The van der Waals surface area contributed by atoms with Crippen molar-refractivity contribution in [2.45, 2.75) is 126 Å². The number of benzene rings is 1. The van der Waals surface area contributed by atoms with Crippen LogP contribution in [0.2, 0.25) is 0 Å². The van der Waals surface area contributed by atoms with Crippen molar-refractivity contribution in [2.75, 3.05) is 0 Å². The topological polar surface area (TPSA) is 26.3 Å². The number of esters is 1. The van der Waals surface area contributed by atoms with Crippen molar-refractivity contribution >= 4 is 12.0 Å². The smallest absolute Gasteiger partial charge is 0.331 e. The first kappa shape index (κ1) is 29.3. The molecule has 0 aromatic heterocycles. The maximum Gasteiger partial charge on any atom is 0.331 e. The lowest BCUT2D eigenvalue weighted by Gasteiger charge is -2.73. The van der Waals surface area contributed by atoms with Gasteiger partial charge in [-0.3, -0.25) is 0 Å². The van der Waals surface area contributed by atoms with Crippen molar-refractivity contribution in [1.82, 2.24) is 0 Å². The molecular weight excluding hydrogens is 500 g/mol. The first-order valence-corrected chi connectivity index (χ1v) is 16.8. The number of carbonyl (C=O) groups excluding carboxylic acids is 1. The van der Waals surface area contributed by atoms with E-state index in [1.807, 2.05) is 36.4 Å². The fourth-order valence-electron chi connectivity index (χ4n) is 11.5. The molecule has 0 radical (unpaired) electrons. The molecule has 4 fully saturated rings. The minimum atomic E-state index is -0.215. The van der Waals surface area contributed by atoms with Crippen molar-refractivity contribution in [3.63, 3.8) is 0 Å². The minimum absolute atomic E-state index is 0.0672. The molecule has 8 atom stereocenters. The molecule has 41 heavy (non-hydrogen) atoms. The molecule has 0 bridgehead atoms. The third-order valence-corrected chi connectivity index (χ3v) is 14.5. The molecule has 0 heterocycles. The molecule has 2 heteroatoms. The van der Waals surface area contributed by atoms with Gasteiger partial charge in [0.05, 0.1) is 0 Å². The van der Waals surface area contributed by atoms with Crippen LogP contribution in [0.5, 0.6) is 0 Å². The lowest BCUT2D eigenvalue weighted by Crippen LogP contribution is -2.65. The summed E-state index contributed by atoms with van der Waals surface area (Å²) in [5, 5.41) is 0. The standard InChI is InChI=1S/C39H56O2/c1-34(2)20-21-36(5)22-24-38(7)30-17-15-28-29(37(30,6)23-25-39(38,8)31(36)26-34)16-18-32(35(28,3)4)41-33(40)19-14-27-12-10-9-11-13-27/h9-15,19,29-32H,16-18,20-26H2,1-8H3/b19-14+/t29-,30+,31-,32+,36-,37+,38-,39+/m1/s1. The number of hydrogen-bond acceptors (Lipinski definition) is 2. The normalized spacial score (nSPS) is 44.5. The Labute approximate surface area is 250 Å². The lowest BCUT2D eigenvalue weighted by molar-refractivity contribution is -0.231. The van der Waals surface area contributed by atoms with Crippen molar-refractivity contribution < 1.29 is 9.53 Å². The molecule has 6 rings (SSSR count). The first-order chi connectivity index (χ1) is 19.1. The maximum absolute atomic E-state index is 12.9. The SMILES string of the molecule is CC1(C)CC[C@]2(C)CC[C@]3(C)[C@H]4CC=C5[C@@H](CC[C@H](OC(=O)/C=C/c6ccccc6)C5(C)C)[C@]4(C)CC[C@@]3(C)[C@@H]2C1. The van der Waals surface area contributed by atoms with Gasteiger partial charge in [-0.25, -0.2) is 4.79 Å². The van der Waals surface area contributed by atoms with Crippen LogP contribution in [-0.2, 0) is 9.53 Å². The van der Waals surface area contributed by atoms with Crippen LogP contribution < -0.4 is 0 Å². The lowest BCUT2D eigenvalue weighted by atomic mass is 9.31. The largest absolute Gasteiger partial charge is 0.458 e. The second-order valence-electron chi connectivity index (χ2n) is 17.4. The van der Waals surface area contributed by atoms with Crippen LogP contribution >= 0.6 is 0 Å². The number of hydrogen-bond donors (Lipinski definition) is 0. The summed E-state index contributed by atoms with van der Waals surface area (Å²) >= 11 is 0. The molecule has 224 valence electrons. The molecule has 5 aliphatic rings. The number of carbonyl (C=O) groups is 1. The van der Waals surface area contributed by atoms with E-state index in [1.165, 1.54) is 51.4 Å². The van der Waals surface area contributed by atoms with Gasteiger partial charge in [-0.1, -0.05) is 97.4 Å². The van der Waals surface area contributed by atoms with Crippen molar-refractivity contribution in [2.24, 2.45) is 50.2 Å². The summed E-state index contributed by atoms with van der Waals surface area (Å²) in [6.45, 7) is 20.6. The zero-order valence-corrected chi connectivity index (χ0v) is 27.3. The molecule has 2 nitrogen and oxygen atoms in total. The summed E-state index contributed by atoms with van der Waals surface area (Å²) in [5.74, 6) is 1.96. The van der Waals surface area contributed by atoms with E-state index in [9.17, 15) is 4.79 Å². The third kappa shape index (κ3) is 4.43. The molecule has 4 saturated carbocycles. The highest BCUT2D eigenvalue weighted by molar-refractivity contribution is 5.87. The van der Waals surface area contributed by atoms with Crippen molar-refractivity contribution in [3.8, 4) is 0 Å². The maximum atomic E-state index is 12.9. The van der Waals surface area contributed by atoms with Gasteiger partial charge in [-0.05, 0) is 121 Å². The molecular formula is C39H56O2. The summed E-state index contributed by atoms with van der Waals surface area (Å²) in [6.07, 6.45) is 19.1. The summed E-state index contributed by atoms with van der Waals surface area (Å²) in [4.78, 5) is 12.9. The first-order valence-electron chi connectivity index (χ1n) is 16.8. The van der Waals surface area contributed by atoms with Crippen molar-refractivity contribution in [3.05, 3.63) is 53.6 Å². The van der Waals surface area contributed by atoms with E-state index in [0.717, 1.165) is 30.2 Å². The van der Waals surface area contributed by atoms with Crippen LogP contribution in [0.1, 0.15) is 125 Å². The zero-order valence-electron chi connectivity index (χ0n) is 27.3. The number of rotatable bonds is 3. The Hall–Kier alpha value is -1.83. The quantitative estimate of drug-likeness (QED) is 0.210. The molecule has 5 aliphatic carbocycles. The Kier molecular flexibility index (Phi) is 6.84. The summed E-state index contributed by atoms with van der Waals surface area (Å²) < 4.78 is 6.19. The van der Waals surface area contributed by atoms with Crippen LogP contribution in [0.4, 0.5) is 0 Å². The number of ether oxygens (including phenoxy) is 1. The van der Waals surface area contributed by atoms with Gasteiger partial charge in [0.1, 0.15) is 6.10 Å². The summed E-state index contributed by atoms with van der Waals surface area (Å²) in [5.41, 5.74) is 4.60. The highest BCUT2D eigenvalue weighted by Gasteiger charge is 2.69. The summed E-state index contributed by atoms with van der Waals surface area (Å²) in [7, 11) is 0. The second kappa shape index (κ2) is 9.59. The fourth-order valence-corrected chi connectivity index (χ4v) is 11.5. The van der Waals surface area contributed by atoms with Crippen LogP contribution in [0.3, 0.4) is 0 Å². The van der Waals surface area contributed by atoms with Gasteiger partial charge >= 0.3 is 5.97 Å². The van der Waals surface area contributed by atoms with Gasteiger partial charge in [-0.15, -0.1) is 0 Å². The Morgan fingerprint density at radius 2 is 1.46 bits per heavy atom. The Morgan fingerprint density at radius 3 is 2.20 bits per heavy atom. The third-order valence-electron chi connectivity index (χ3n) is 14.5. The average molecular weight is 557 g/mol. The number of allylic oxidation sites excluding steroid dienone is 1. The molecule has 0 spiro atoms. The van der Waals surface area contributed by atoms with Crippen LogP contribution in [0.25, 0.3) is 6.08 Å². The molecule has 0 amide bonds. The van der Waals surface area contributed by atoms with E-state index in [-0.39, 0.29) is 17.5 Å².